The molecule has 2 aromatic rings. The van der Waals surface area contributed by atoms with Crippen molar-refractivity contribution < 1.29 is 9.53 Å². The molecule has 116 valence electrons. The summed E-state index contributed by atoms with van der Waals surface area (Å²) < 4.78 is 5.27. The van der Waals surface area contributed by atoms with Crippen LogP contribution in [0.3, 0.4) is 0 Å². The molecule has 1 amide bonds. The van der Waals surface area contributed by atoms with Crippen molar-refractivity contribution >= 4 is 29.0 Å². The molecule has 0 radical (unpaired) electrons. The number of amides is 1. The van der Waals surface area contributed by atoms with Gasteiger partial charge in [-0.3, -0.25) is 4.79 Å². The standard InChI is InChI=1S/C17H19NO2S2/c1-2-20-9-5-8-18-17(19)15-10-12-11-21-14-7-4-3-6-13(14)16(12)22-15/h3-4,6-7,10H,2,5,8-9,11H2,1H3,(H,18,19). The molecule has 0 fully saturated rings. The molecule has 3 nitrogen and oxygen atoms in total. The number of fused-ring (bicyclic) bond motifs is 3. The molecule has 0 saturated carbocycles. The minimum absolute atomic E-state index is 0.0263. The fourth-order valence-corrected chi connectivity index (χ4v) is 4.75. The van der Waals surface area contributed by atoms with E-state index in [2.05, 4.69) is 29.6 Å². The fraction of sp³-hybridized carbons (Fsp3) is 0.353. The van der Waals surface area contributed by atoms with Gasteiger partial charge in [0, 0.05) is 40.8 Å². The molecule has 22 heavy (non-hydrogen) atoms. The highest BCUT2D eigenvalue weighted by atomic mass is 32.2. The van der Waals surface area contributed by atoms with Gasteiger partial charge in [0.15, 0.2) is 0 Å². The third kappa shape index (κ3) is 3.37. The van der Waals surface area contributed by atoms with Crippen LogP contribution in [0.2, 0.25) is 0 Å². The zero-order valence-electron chi connectivity index (χ0n) is 12.6. The van der Waals surface area contributed by atoms with Crippen molar-refractivity contribution in [1.82, 2.24) is 5.32 Å². The topological polar surface area (TPSA) is 38.3 Å². The second-order valence-electron chi connectivity index (χ2n) is 5.06. The largest absolute Gasteiger partial charge is 0.382 e. The van der Waals surface area contributed by atoms with E-state index in [1.165, 1.54) is 20.9 Å². The minimum Gasteiger partial charge on any atom is -0.382 e. The lowest BCUT2D eigenvalue weighted by Crippen LogP contribution is -2.24. The number of rotatable bonds is 6. The Bertz CT molecular complexity index is 666. The number of hydrogen-bond donors (Lipinski definition) is 1. The van der Waals surface area contributed by atoms with Crippen molar-refractivity contribution in [2.75, 3.05) is 19.8 Å². The molecule has 1 aromatic heterocycles. The van der Waals surface area contributed by atoms with Crippen molar-refractivity contribution in [1.29, 1.82) is 0 Å². The lowest BCUT2D eigenvalue weighted by atomic mass is 10.1. The highest BCUT2D eigenvalue weighted by Crippen LogP contribution is 2.45. The van der Waals surface area contributed by atoms with E-state index in [4.69, 9.17) is 4.74 Å². The van der Waals surface area contributed by atoms with E-state index >= 15 is 0 Å². The predicted octanol–water partition coefficient (Wildman–Crippen LogP) is 4.18. The third-order valence-electron chi connectivity index (χ3n) is 3.50. The second kappa shape index (κ2) is 7.31. The molecule has 1 aromatic carbocycles. The molecular formula is C17H19NO2S2. The van der Waals surface area contributed by atoms with Crippen LogP contribution in [0, 0.1) is 0 Å². The van der Waals surface area contributed by atoms with Crippen LogP contribution in [0.5, 0.6) is 0 Å². The molecule has 0 atom stereocenters. The van der Waals surface area contributed by atoms with Crippen LogP contribution in [0.25, 0.3) is 10.4 Å². The number of benzene rings is 1. The van der Waals surface area contributed by atoms with Crippen LogP contribution in [0.15, 0.2) is 35.2 Å². The van der Waals surface area contributed by atoms with Crippen molar-refractivity contribution in [2.45, 2.75) is 24.0 Å². The van der Waals surface area contributed by atoms with Crippen molar-refractivity contribution in [3.8, 4) is 10.4 Å². The zero-order valence-corrected chi connectivity index (χ0v) is 14.2. The van der Waals surface area contributed by atoms with Crippen LogP contribution in [0.4, 0.5) is 0 Å². The van der Waals surface area contributed by atoms with Gasteiger partial charge in [0.25, 0.3) is 5.91 Å². The van der Waals surface area contributed by atoms with Gasteiger partial charge in [-0.15, -0.1) is 23.1 Å². The van der Waals surface area contributed by atoms with Crippen LogP contribution in [-0.2, 0) is 10.5 Å². The fourth-order valence-electron chi connectivity index (χ4n) is 2.42. The SMILES string of the molecule is CCOCCCNC(=O)c1cc2c(s1)-c1ccccc1SC2. The minimum atomic E-state index is 0.0263. The molecule has 0 spiro atoms. The highest BCUT2D eigenvalue weighted by molar-refractivity contribution is 7.98. The maximum Gasteiger partial charge on any atom is 0.261 e. The molecule has 3 rings (SSSR count). The number of carbonyl (C=O) groups excluding carboxylic acids is 1. The number of thioether (sulfide) groups is 1. The Kier molecular flexibility index (Phi) is 5.18. The van der Waals surface area contributed by atoms with E-state index in [0.717, 1.165) is 23.7 Å². The molecular weight excluding hydrogens is 314 g/mol. The van der Waals surface area contributed by atoms with Gasteiger partial charge >= 0.3 is 0 Å². The molecule has 0 unspecified atom stereocenters. The van der Waals surface area contributed by atoms with Crippen molar-refractivity contribution in [3.05, 3.63) is 40.8 Å². The van der Waals surface area contributed by atoms with E-state index in [1.54, 1.807) is 11.3 Å². The summed E-state index contributed by atoms with van der Waals surface area (Å²) in [7, 11) is 0. The lowest BCUT2D eigenvalue weighted by Gasteiger charge is -2.14. The molecule has 5 heteroatoms. The number of thiophene rings is 1. The summed E-state index contributed by atoms with van der Waals surface area (Å²) in [6.07, 6.45) is 0.851. The van der Waals surface area contributed by atoms with E-state index in [9.17, 15) is 4.79 Å². The summed E-state index contributed by atoms with van der Waals surface area (Å²) in [5, 5.41) is 2.98. The van der Waals surface area contributed by atoms with E-state index in [-0.39, 0.29) is 5.91 Å². The quantitative estimate of drug-likeness (QED) is 0.806. The normalized spacial score (nSPS) is 12.6. The third-order valence-corrected chi connectivity index (χ3v) is 5.83. The molecule has 1 aliphatic heterocycles. The Balaban J connectivity index is 1.68. The van der Waals surface area contributed by atoms with E-state index in [0.29, 0.717) is 13.2 Å². The van der Waals surface area contributed by atoms with Gasteiger partial charge < -0.3 is 10.1 Å². The Morgan fingerprint density at radius 3 is 3.09 bits per heavy atom. The van der Waals surface area contributed by atoms with Gasteiger partial charge in [-0.2, -0.15) is 0 Å². The van der Waals surface area contributed by atoms with Gasteiger partial charge in [-0.1, -0.05) is 18.2 Å². The summed E-state index contributed by atoms with van der Waals surface area (Å²) in [6, 6.07) is 10.5. The summed E-state index contributed by atoms with van der Waals surface area (Å²) in [5.74, 6) is 0.971. The maximum atomic E-state index is 12.3. The first-order valence-corrected chi connectivity index (χ1v) is 9.30. The van der Waals surface area contributed by atoms with Gasteiger partial charge in [0.05, 0.1) is 4.88 Å². The zero-order chi connectivity index (χ0) is 15.4. The molecule has 2 heterocycles. The van der Waals surface area contributed by atoms with E-state index in [1.807, 2.05) is 24.8 Å². The molecule has 1 aliphatic rings. The van der Waals surface area contributed by atoms with Gasteiger partial charge in [0.2, 0.25) is 0 Å². The summed E-state index contributed by atoms with van der Waals surface area (Å²) >= 11 is 3.44. The Hall–Kier alpha value is -1.30. The first-order chi connectivity index (χ1) is 10.8. The first kappa shape index (κ1) is 15.6. The Labute approximate surface area is 139 Å². The Morgan fingerprint density at radius 2 is 2.23 bits per heavy atom. The average molecular weight is 333 g/mol. The predicted molar refractivity (Wildman–Crippen MR) is 92.8 cm³/mol. The van der Waals surface area contributed by atoms with Gasteiger partial charge in [-0.05, 0) is 31.0 Å². The number of nitrogens with one attached hydrogen (secondary N) is 1. The highest BCUT2D eigenvalue weighted by Gasteiger charge is 2.21. The molecule has 0 bridgehead atoms. The van der Waals surface area contributed by atoms with Crippen LogP contribution < -0.4 is 5.32 Å². The summed E-state index contributed by atoms with van der Waals surface area (Å²) in [5.41, 5.74) is 2.53. The van der Waals surface area contributed by atoms with Crippen LogP contribution in [0.1, 0.15) is 28.6 Å². The van der Waals surface area contributed by atoms with Crippen LogP contribution in [-0.4, -0.2) is 25.7 Å². The summed E-state index contributed by atoms with van der Waals surface area (Å²) in [4.78, 5) is 15.6. The lowest BCUT2D eigenvalue weighted by molar-refractivity contribution is 0.0948. The van der Waals surface area contributed by atoms with Gasteiger partial charge in [-0.25, -0.2) is 0 Å². The van der Waals surface area contributed by atoms with E-state index < -0.39 is 0 Å². The van der Waals surface area contributed by atoms with Crippen LogP contribution >= 0.6 is 23.1 Å². The smallest absolute Gasteiger partial charge is 0.261 e. The monoisotopic (exact) mass is 333 g/mol. The number of hydrogen-bond acceptors (Lipinski definition) is 4. The maximum absolute atomic E-state index is 12.3. The average Bonchev–Trinajstić information content (AvgIpc) is 2.99. The second-order valence-corrected chi connectivity index (χ2v) is 7.13. The number of carbonyl (C=O) groups is 1. The van der Waals surface area contributed by atoms with Gasteiger partial charge in [0.1, 0.15) is 0 Å². The molecule has 0 saturated heterocycles. The van der Waals surface area contributed by atoms with Crippen molar-refractivity contribution in [3.63, 3.8) is 0 Å². The molecule has 0 aliphatic carbocycles. The summed E-state index contributed by atoms with van der Waals surface area (Å²) in [6.45, 7) is 4.06. The first-order valence-electron chi connectivity index (χ1n) is 7.50. The molecule has 1 N–H and O–H groups in total. The Morgan fingerprint density at radius 1 is 1.36 bits per heavy atom. The number of ether oxygens (including phenoxy) is 1. The van der Waals surface area contributed by atoms with Crippen molar-refractivity contribution in [2.24, 2.45) is 0 Å².